The lowest BCUT2D eigenvalue weighted by molar-refractivity contribution is -0.130. The summed E-state index contributed by atoms with van der Waals surface area (Å²) in [7, 11) is 0. The molecule has 2 aromatic carbocycles. The summed E-state index contributed by atoms with van der Waals surface area (Å²) in [4.78, 5) is 38.2. The van der Waals surface area contributed by atoms with Gasteiger partial charge < -0.3 is 4.42 Å². The van der Waals surface area contributed by atoms with Gasteiger partial charge in [0, 0.05) is 5.56 Å². The van der Waals surface area contributed by atoms with Gasteiger partial charge in [0.1, 0.15) is 17.1 Å². The summed E-state index contributed by atoms with van der Waals surface area (Å²) in [6.07, 6.45) is 1.32. The molecule has 0 bridgehead atoms. The van der Waals surface area contributed by atoms with E-state index in [-0.39, 0.29) is 12.1 Å². The van der Waals surface area contributed by atoms with E-state index in [0.29, 0.717) is 22.1 Å². The molecule has 4 amide bonds. The number of urea groups is 1. The Morgan fingerprint density at radius 2 is 1.66 bits per heavy atom. The highest BCUT2D eigenvalue weighted by Gasteiger charge is 2.35. The van der Waals surface area contributed by atoms with Gasteiger partial charge in [0.15, 0.2) is 0 Å². The summed E-state index contributed by atoms with van der Waals surface area (Å²) in [6.45, 7) is 0.0547. The Kier molecular flexibility index (Phi) is 5.01. The Hall–Kier alpha value is -3.64. The Morgan fingerprint density at radius 1 is 0.931 bits per heavy atom. The zero-order valence-electron chi connectivity index (χ0n) is 15.1. The molecule has 6 nitrogen and oxygen atoms in total. The maximum absolute atomic E-state index is 12.8. The molecule has 0 radical (unpaired) electrons. The number of hydrogen-bond donors (Lipinski definition) is 1. The molecule has 0 atom stereocenters. The quantitative estimate of drug-likeness (QED) is 0.518. The molecule has 1 saturated heterocycles. The van der Waals surface area contributed by atoms with Crippen LogP contribution < -0.4 is 5.32 Å². The van der Waals surface area contributed by atoms with Gasteiger partial charge in [-0.1, -0.05) is 54.1 Å². The number of carbonyl (C=O) groups is 3. The number of amides is 4. The monoisotopic (exact) mass is 406 g/mol. The fourth-order valence-electron chi connectivity index (χ4n) is 2.98. The van der Waals surface area contributed by atoms with Crippen LogP contribution in [0.3, 0.4) is 0 Å². The van der Waals surface area contributed by atoms with E-state index < -0.39 is 17.8 Å². The largest absolute Gasteiger partial charge is 0.457 e. The van der Waals surface area contributed by atoms with Crippen LogP contribution in [0.2, 0.25) is 5.02 Å². The number of imide groups is 2. The van der Waals surface area contributed by atoms with Gasteiger partial charge in [-0.15, -0.1) is 0 Å². The van der Waals surface area contributed by atoms with Crippen LogP contribution in [0, 0.1) is 0 Å². The van der Waals surface area contributed by atoms with Gasteiger partial charge in [0.05, 0.1) is 11.6 Å². The van der Waals surface area contributed by atoms with Crippen molar-refractivity contribution in [1.29, 1.82) is 0 Å². The van der Waals surface area contributed by atoms with Gasteiger partial charge in [0.2, 0.25) is 0 Å². The van der Waals surface area contributed by atoms with E-state index in [9.17, 15) is 14.4 Å². The molecule has 0 saturated carbocycles. The van der Waals surface area contributed by atoms with Crippen molar-refractivity contribution < 1.29 is 18.8 Å². The first-order valence-electron chi connectivity index (χ1n) is 8.80. The van der Waals surface area contributed by atoms with E-state index in [0.717, 1.165) is 10.5 Å². The minimum absolute atomic E-state index is 0.0547. The van der Waals surface area contributed by atoms with E-state index >= 15 is 0 Å². The molecule has 4 rings (SSSR count). The molecule has 29 heavy (non-hydrogen) atoms. The van der Waals surface area contributed by atoms with Crippen molar-refractivity contribution >= 4 is 35.5 Å². The Bertz CT molecular complexity index is 1130. The van der Waals surface area contributed by atoms with Crippen LogP contribution in [0.25, 0.3) is 17.4 Å². The number of benzene rings is 2. The van der Waals surface area contributed by atoms with E-state index in [1.807, 2.05) is 24.3 Å². The zero-order valence-corrected chi connectivity index (χ0v) is 15.8. The molecule has 3 aromatic rings. The number of nitrogens with zero attached hydrogens (tertiary/aromatic N) is 1. The lowest BCUT2D eigenvalue weighted by atomic mass is 10.1. The minimum atomic E-state index is -0.764. The summed E-state index contributed by atoms with van der Waals surface area (Å²) in [5.74, 6) is -0.644. The Balaban J connectivity index is 1.62. The number of carbonyl (C=O) groups excluding carboxylic acids is 3. The predicted molar refractivity (Wildman–Crippen MR) is 108 cm³/mol. The highest BCUT2D eigenvalue weighted by atomic mass is 35.5. The van der Waals surface area contributed by atoms with Crippen LogP contribution in [0.5, 0.6) is 0 Å². The summed E-state index contributed by atoms with van der Waals surface area (Å²) >= 11 is 6.18. The number of rotatable bonds is 4. The molecule has 0 unspecified atom stereocenters. The van der Waals surface area contributed by atoms with Gasteiger partial charge in [-0.25, -0.2) is 4.79 Å². The van der Waals surface area contributed by atoms with Crippen LogP contribution in [-0.4, -0.2) is 22.7 Å². The summed E-state index contributed by atoms with van der Waals surface area (Å²) in [5.41, 5.74) is 1.28. The lowest BCUT2D eigenvalue weighted by Crippen LogP contribution is -2.53. The second-order valence-corrected chi connectivity index (χ2v) is 6.78. The third-order valence-electron chi connectivity index (χ3n) is 4.42. The van der Waals surface area contributed by atoms with Gasteiger partial charge in [0.25, 0.3) is 11.8 Å². The number of barbiturate groups is 1. The molecule has 2 heterocycles. The smallest absolute Gasteiger partial charge is 0.331 e. The third-order valence-corrected chi connectivity index (χ3v) is 4.75. The number of halogens is 1. The van der Waals surface area contributed by atoms with Crippen LogP contribution in [0.1, 0.15) is 11.3 Å². The first kappa shape index (κ1) is 18.7. The van der Waals surface area contributed by atoms with Crippen molar-refractivity contribution in [2.45, 2.75) is 6.54 Å². The SMILES string of the molecule is O=C1NC(=O)N(Cc2ccccc2)C(=O)/C1=C\c1ccc(-c2ccccc2Cl)o1. The molecule has 1 aliphatic rings. The van der Waals surface area contributed by atoms with Gasteiger partial charge in [-0.3, -0.25) is 19.8 Å². The molecular formula is C22H15ClN2O4. The molecule has 144 valence electrons. The molecule has 0 aliphatic carbocycles. The molecule has 0 spiro atoms. The normalized spacial score (nSPS) is 15.7. The van der Waals surface area contributed by atoms with Gasteiger partial charge in [-0.2, -0.15) is 0 Å². The van der Waals surface area contributed by atoms with Crippen molar-refractivity contribution in [2.24, 2.45) is 0 Å². The third kappa shape index (κ3) is 3.83. The lowest BCUT2D eigenvalue weighted by Gasteiger charge is -2.26. The second-order valence-electron chi connectivity index (χ2n) is 6.38. The van der Waals surface area contributed by atoms with Crippen LogP contribution in [-0.2, 0) is 16.1 Å². The van der Waals surface area contributed by atoms with Crippen LogP contribution >= 0.6 is 11.6 Å². The molecule has 1 aliphatic heterocycles. The Labute approximate surface area is 171 Å². The van der Waals surface area contributed by atoms with Crippen molar-refractivity contribution in [3.63, 3.8) is 0 Å². The van der Waals surface area contributed by atoms with E-state index in [1.54, 1.807) is 42.5 Å². The molecule has 1 N–H and O–H groups in total. The predicted octanol–water partition coefficient (Wildman–Crippen LogP) is 4.26. The van der Waals surface area contributed by atoms with E-state index in [1.165, 1.54) is 6.08 Å². The van der Waals surface area contributed by atoms with Crippen molar-refractivity contribution in [2.75, 3.05) is 0 Å². The van der Waals surface area contributed by atoms with Gasteiger partial charge in [-0.05, 0) is 35.9 Å². The van der Waals surface area contributed by atoms with Crippen LogP contribution in [0.4, 0.5) is 4.79 Å². The van der Waals surface area contributed by atoms with Crippen LogP contribution in [0.15, 0.2) is 76.7 Å². The van der Waals surface area contributed by atoms with E-state index in [4.69, 9.17) is 16.0 Å². The number of hydrogen-bond acceptors (Lipinski definition) is 4. The average Bonchev–Trinajstić information content (AvgIpc) is 3.18. The maximum Gasteiger partial charge on any atom is 0.331 e. The number of furan rings is 1. The summed E-state index contributed by atoms with van der Waals surface area (Å²) in [5, 5.41) is 2.71. The highest BCUT2D eigenvalue weighted by Crippen LogP contribution is 2.30. The number of nitrogens with one attached hydrogen (secondary N) is 1. The highest BCUT2D eigenvalue weighted by molar-refractivity contribution is 6.33. The standard InChI is InChI=1S/C22H15ClN2O4/c23-18-9-5-4-8-16(18)19-11-10-15(29-19)12-17-20(26)24-22(28)25(21(17)27)13-14-6-2-1-3-7-14/h1-12H,13H2,(H,24,26,28)/b17-12-. The van der Waals surface area contributed by atoms with Crippen molar-refractivity contribution in [3.05, 3.63) is 88.6 Å². The first-order chi connectivity index (χ1) is 14.0. The van der Waals surface area contributed by atoms with Crippen molar-refractivity contribution in [3.8, 4) is 11.3 Å². The molecular weight excluding hydrogens is 392 g/mol. The van der Waals surface area contributed by atoms with Gasteiger partial charge >= 0.3 is 6.03 Å². The first-order valence-corrected chi connectivity index (χ1v) is 9.18. The topological polar surface area (TPSA) is 79.6 Å². The molecule has 1 fully saturated rings. The summed E-state index contributed by atoms with van der Waals surface area (Å²) < 4.78 is 5.73. The molecule has 7 heteroatoms. The fourth-order valence-corrected chi connectivity index (χ4v) is 3.21. The molecule has 1 aromatic heterocycles. The summed E-state index contributed by atoms with van der Waals surface area (Å²) in [6, 6.07) is 18.8. The average molecular weight is 407 g/mol. The maximum atomic E-state index is 12.8. The fraction of sp³-hybridized carbons (Fsp3) is 0.0455. The Morgan fingerprint density at radius 3 is 2.41 bits per heavy atom. The minimum Gasteiger partial charge on any atom is -0.457 e. The van der Waals surface area contributed by atoms with Crippen molar-refractivity contribution in [1.82, 2.24) is 10.2 Å². The second kappa shape index (κ2) is 7.77. The zero-order chi connectivity index (χ0) is 20.4. The van der Waals surface area contributed by atoms with E-state index in [2.05, 4.69) is 5.32 Å².